The summed E-state index contributed by atoms with van der Waals surface area (Å²) in [4.78, 5) is 12.6. The van der Waals surface area contributed by atoms with Crippen molar-refractivity contribution in [2.24, 2.45) is 22.7 Å². The van der Waals surface area contributed by atoms with E-state index in [9.17, 15) is 15.0 Å². The summed E-state index contributed by atoms with van der Waals surface area (Å²) in [6.45, 7) is 16.8. The molecule has 188 valence electrons. The molecule has 2 rings (SSSR count). The van der Waals surface area contributed by atoms with Crippen LogP contribution in [-0.2, 0) is 4.79 Å². The number of aliphatic hydroxyl groups is 2. The van der Waals surface area contributed by atoms with Crippen LogP contribution in [0.15, 0.2) is 34.9 Å². The van der Waals surface area contributed by atoms with Crippen LogP contribution in [0.2, 0.25) is 0 Å². The highest BCUT2D eigenvalue weighted by atomic mass is 16.3. The van der Waals surface area contributed by atoms with E-state index < -0.39 is 11.7 Å². The van der Waals surface area contributed by atoms with Crippen LogP contribution in [0.5, 0.6) is 0 Å². The van der Waals surface area contributed by atoms with Gasteiger partial charge in [-0.25, -0.2) is 0 Å². The third-order valence-corrected chi connectivity index (χ3v) is 8.91. The van der Waals surface area contributed by atoms with Crippen LogP contribution in [0.25, 0.3) is 0 Å². The highest BCUT2D eigenvalue weighted by molar-refractivity contribution is 5.85. The van der Waals surface area contributed by atoms with E-state index in [0.717, 1.165) is 44.9 Å². The van der Waals surface area contributed by atoms with Gasteiger partial charge in [0.2, 0.25) is 0 Å². The molecule has 2 aliphatic carbocycles. The van der Waals surface area contributed by atoms with Gasteiger partial charge < -0.3 is 10.2 Å². The van der Waals surface area contributed by atoms with Gasteiger partial charge in [-0.2, -0.15) is 0 Å². The average molecular weight is 459 g/mol. The lowest BCUT2D eigenvalue weighted by Crippen LogP contribution is -2.52. The van der Waals surface area contributed by atoms with E-state index in [4.69, 9.17) is 0 Å². The number of aliphatic hydroxyl groups excluding tert-OH is 1. The lowest BCUT2D eigenvalue weighted by Gasteiger charge is -2.56. The van der Waals surface area contributed by atoms with E-state index in [1.165, 1.54) is 23.1 Å². The maximum absolute atomic E-state index is 12.6. The zero-order chi connectivity index (χ0) is 25.0. The van der Waals surface area contributed by atoms with E-state index >= 15 is 0 Å². The number of carbonyl (C=O) groups excluding carboxylic acids is 1. The highest BCUT2D eigenvalue weighted by Gasteiger charge is 2.54. The summed E-state index contributed by atoms with van der Waals surface area (Å²) >= 11 is 0. The van der Waals surface area contributed by atoms with Crippen molar-refractivity contribution in [1.82, 2.24) is 0 Å². The molecule has 0 aromatic carbocycles. The Bertz CT molecular complexity index is 777. The number of fused-ring (bicyclic) bond motifs is 1. The molecule has 33 heavy (non-hydrogen) atoms. The Hall–Kier alpha value is -1.19. The fraction of sp³-hybridized carbons (Fsp3) is 0.767. The van der Waals surface area contributed by atoms with Crippen molar-refractivity contribution < 1.29 is 15.0 Å². The number of allylic oxidation sites excluding steroid dienone is 6. The number of hydrogen-bond acceptors (Lipinski definition) is 3. The third kappa shape index (κ3) is 6.92. The molecule has 4 atom stereocenters. The molecule has 0 unspecified atom stereocenters. The molecule has 1 fully saturated rings. The Morgan fingerprint density at radius 2 is 1.76 bits per heavy atom. The van der Waals surface area contributed by atoms with Crippen LogP contribution in [-0.4, -0.2) is 27.7 Å². The van der Waals surface area contributed by atoms with Crippen molar-refractivity contribution in [2.75, 3.05) is 0 Å². The summed E-state index contributed by atoms with van der Waals surface area (Å²) in [5.41, 5.74) is 3.23. The van der Waals surface area contributed by atoms with Gasteiger partial charge in [0.15, 0.2) is 0 Å². The largest absolute Gasteiger partial charge is 0.390 e. The van der Waals surface area contributed by atoms with Gasteiger partial charge >= 0.3 is 0 Å². The zero-order valence-electron chi connectivity index (χ0n) is 22.6. The molecule has 0 aromatic rings. The van der Waals surface area contributed by atoms with E-state index in [1.807, 2.05) is 0 Å². The molecule has 0 aliphatic heterocycles. The second-order valence-corrected chi connectivity index (χ2v) is 12.4. The smallest absolute Gasteiger partial charge is 0.138 e. The van der Waals surface area contributed by atoms with Crippen molar-refractivity contribution >= 4 is 5.78 Å². The Labute approximate surface area is 203 Å². The van der Waals surface area contributed by atoms with Gasteiger partial charge in [0, 0.05) is 11.8 Å². The summed E-state index contributed by atoms with van der Waals surface area (Å²) in [6, 6.07) is 0. The number of carbonyl (C=O) groups is 1. The molecule has 0 spiro atoms. The summed E-state index contributed by atoms with van der Waals surface area (Å²) in [5, 5.41) is 19.9. The topological polar surface area (TPSA) is 57.5 Å². The molecule has 1 saturated carbocycles. The molecule has 0 amide bonds. The Balaban J connectivity index is 1.88. The van der Waals surface area contributed by atoms with Crippen LogP contribution in [0.3, 0.4) is 0 Å². The first-order chi connectivity index (χ1) is 15.2. The van der Waals surface area contributed by atoms with Gasteiger partial charge in [0.25, 0.3) is 0 Å². The molecule has 3 heteroatoms. The van der Waals surface area contributed by atoms with Gasteiger partial charge in [-0.1, -0.05) is 55.7 Å². The quantitative estimate of drug-likeness (QED) is 0.337. The summed E-state index contributed by atoms with van der Waals surface area (Å²) < 4.78 is 0. The molecule has 0 bridgehead atoms. The molecule has 0 aromatic heterocycles. The van der Waals surface area contributed by atoms with E-state index in [2.05, 4.69) is 59.8 Å². The first kappa shape index (κ1) is 28.1. The maximum Gasteiger partial charge on any atom is 0.138 e. The molecular weight excluding hydrogens is 408 g/mol. The van der Waals surface area contributed by atoms with Gasteiger partial charge in [0.05, 0.1) is 11.7 Å². The second kappa shape index (κ2) is 11.0. The Kier molecular flexibility index (Phi) is 9.38. The van der Waals surface area contributed by atoms with Crippen LogP contribution in [0.4, 0.5) is 0 Å². The molecule has 2 N–H and O–H groups in total. The van der Waals surface area contributed by atoms with E-state index in [-0.39, 0.29) is 10.8 Å². The fourth-order valence-electron chi connectivity index (χ4n) is 6.37. The summed E-state index contributed by atoms with van der Waals surface area (Å²) in [6.07, 6.45) is 15.0. The van der Waals surface area contributed by atoms with Crippen LogP contribution >= 0.6 is 0 Å². The fourth-order valence-corrected chi connectivity index (χ4v) is 6.37. The molecule has 0 heterocycles. The van der Waals surface area contributed by atoms with Crippen LogP contribution in [0.1, 0.15) is 113 Å². The number of Topliss-reactive ketones (excluding diaryl/α,β-unsaturated/α-hetero) is 1. The van der Waals surface area contributed by atoms with E-state index in [1.54, 1.807) is 13.8 Å². The average Bonchev–Trinajstić information content (AvgIpc) is 2.70. The van der Waals surface area contributed by atoms with Crippen LogP contribution in [0, 0.1) is 22.7 Å². The SMILES string of the molecule is CC1=CC[C@H]2C(C)(C)C(=O)CC[C@]2(C)[C@H]1CC/C=C(\C)CC/C=C(\C)CC[C@@H](O)C(C)(C)O. The van der Waals surface area contributed by atoms with Crippen molar-refractivity contribution in [2.45, 2.75) is 125 Å². The molecule has 3 nitrogen and oxygen atoms in total. The predicted molar refractivity (Wildman–Crippen MR) is 139 cm³/mol. The standard InChI is InChI=1S/C30H50O3/c1-21(11-9-12-22(2)15-18-27(32)29(6,7)33)13-10-14-24-23(3)16-17-25-28(4,5)26(31)19-20-30(24,25)8/h12-13,16,24-25,27,32-33H,9-11,14-15,17-20H2,1-8H3/b21-13+,22-12+/t24-,25-,27+,30+/m0/s1. The lowest BCUT2D eigenvalue weighted by molar-refractivity contribution is -0.143. The number of rotatable bonds is 10. The van der Waals surface area contributed by atoms with Gasteiger partial charge in [-0.15, -0.1) is 0 Å². The summed E-state index contributed by atoms with van der Waals surface area (Å²) in [5.74, 6) is 1.47. The monoisotopic (exact) mass is 458 g/mol. The van der Waals surface area contributed by atoms with Gasteiger partial charge in [0.1, 0.15) is 5.78 Å². The van der Waals surface area contributed by atoms with Crippen molar-refractivity contribution in [3.8, 4) is 0 Å². The molecular formula is C30H50O3. The minimum absolute atomic E-state index is 0.207. The first-order valence-corrected chi connectivity index (χ1v) is 13.1. The first-order valence-electron chi connectivity index (χ1n) is 13.1. The Morgan fingerprint density at radius 3 is 2.39 bits per heavy atom. The van der Waals surface area contributed by atoms with Gasteiger partial charge in [-0.05, 0) is 103 Å². The minimum Gasteiger partial charge on any atom is -0.390 e. The number of ketones is 1. The van der Waals surface area contributed by atoms with Crippen LogP contribution < -0.4 is 0 Å². The predicted octanol–water partition coefficient (Wildman–Crippen LogP) is 7.33. The molecule has 2 aliphatic rings. The van der Waals surface area contributed by atoms with Crippen molar-refractivity contribution in [3.63, 3.8) is 0 Å². The van der Waals surface area contributed by atoms with Crippen molar-refractivity contribution in [1.29, 1.82) is 0 Å². The van der Waals surface area contributed by atoms with Gasteiger partial charge in [-0.3, -0.25) is 4.79 Å². The minimum atomic E-state index is -1.04. The van der Waals surface area contributed by atoms with E-state index in [0.29, 0.717) is 24.0 Å². The summed E-state index contributed by atoms with van der Waals surface area (Å²) in [7, 11) is 0. The second-order valence-electron chi connectivity index (χ2n) is 12.4. The maximum atomic E-state index is 12.6. The zero-order valence-corrected chi connectivity index (χ0v) is 22.6. The molecule has 0 radical (unpaired) electrons. The highest BCUT2D eigenvalue weighted by Crippen LogP contribution is 2.59. The normalized spacial score (nSPS) is 29.5. The lowest BCUT2D eigenvalue weighted by atomic mass is 9.48. The third-order valence-electron chi connectivity index (χ3n) is 8.91. The Morgan fingerprint density at radius 1 is 1.15 bits per heavy atom. The molecule has 0 saturated heterocycles. The number of hydrogen-bond donors (Lipinski definition) is 2. The van der Waals surface area contributed by atoms with Crippen molar-refractivity contribution in [3.05, 3.63) is 34.9 Å².